The largest absolute Gasteiger partial charge is 0.353 e. The zero-order valence-corrected chi connectivity index (χ0v) is 22.2. The number of hydrogen-bond acceptors (Lipinski definition) is 5. The molecule has 1 aromatic carbocycles. The summed E-state index contributed by atoms with van der Waals surface area (Å²) in [6.45, 7) is 4.07. The third kappa shape index (κ3) is 4.42. The van der Waals surface area contributed by atoms with Gasteiger partial charge in [-0.3, -0.25) is 15.1 Å². The quantitative estimate of drug-likeness (QED) is 0.205. The molecule has 0 aliphatic heterocycles. The van der Waals surface area contributed by atoms with Gasteiger partial charge >= 0.3 is 0 Å². The first-order valence-corrected chi connectivity index (χ1v) is 14.2. The van der Waals surface area contributed by atoms with E-state index < -0.39 is 0 Å². The Morgan fingerprint density at radius 3 is 2.76 bits per heavy atom. The summed E-state index contributed by atoms with van der Waals surface area (Å²) in [7, 11) is 0. The second kappa shape index (κ2) is 9.82. The van der Waals surface area contributed by atoms with E-state index in [1.165, 1.54) is 52.0 Å². The third-order valence-corrected chi connectivity index (χ3v) is 8.73. The molecular weight excluding hydrogens is 488 g/mol. The minimum absolute atomic E-state index is 0.824. The van der Waals surface area contributed by atoms with Crippen molar-refractivity contribution in [2.24, 2.45) is 5.92 Å². The maximum atomic E-state index is 4.73. The van der Waals surface area contributed by atoms with Gasteiger partial charge in [0.1, 0.15) is 5.69 Å². The van der Waals surface area contributed by atoms with Crippen molar-refractivity contribution in [1.29, 1.82) is 0 Å². The van der Waals surface area contributed by atoms with Gasteiger partial charge < -0.3 is 10.3 Å². The molecule has 0 radical (unpaired) electrons. The average molecular weight is 519 g/mol. The molecule has 0 amide bonds. The summed E-state index contributed by atoms with van der Waals surface area (Å²) >= 11 is 1.82. The first kappa shape index (κ1) is 23.3. The van der Waals surface area contributed by atoms with E-state index in [0.717, 1.165) is 58.1 Å². The van der Waals surface area contributed by atoms with Crippen molar-refractivity contribution >= 4 is 33.1 Å². The molecule has 38 heavy (non-hydrogen) atoms. The SMILES string of the molecule is Cc1ccc(-c2cccc3[nH]c(-c4n[nH]c5cnc(-c6cncc(CNCC7CCCC7)c6)cc45)cc23)s1. The number of pyridine rings is 2. The van der Waals surface area contributed by atoms with Crippen LogP contribution < -0.4 is 5.32 Å². The number of H-pyrrole nitrogens is 2. The van der Waals surface area contributed by atoms with Crippen molar-refractivity contribution in [2.75, 3.05) is 6.54 Å². The highest BCUT2D eigenvalue weighted by molar-refractivity contribution is 7.15. The van der Waals surface area contributed by atoms with Crippen LogP contribution in [0.4, 0.5) is 0 Å². The van der Waals surface area contributed by atoms with Gasteiger partial charge in [0, 0.05) is 56.1 Å². The van der Waals surface area contributed by atoms with Crippen molar-refractivity contribution in [3.8, 4) is 33.1 Å². The minimum Gasteiger partial charge on any atom is -0.353 e. The van der Waals surface area contributed by atoms with Gasteiger partial charge in [0.15, 0.2) is 0 Å². The van der Waals surface area contributed by atoms with E-state index in [1.807, 2.05) is 29.9 Å². The standard InChI is InChI=1S/C31H30N6S/c1-19-9-10-30(38-19)23-7-4-8-26-24(23)12-28(35-26)31-25-13-27(34-18-29(25)36-37-31)22-11-21(16-33-17-22)15-32-14-20-5-2-3-6-20/h4,7-13,16-18,20,32,35H,2-3,5-6,14-15H2,1H3,(H,36,37). The van der Waals surface area contributed by atoms with Crippen molar-refractivity contribution in [3.63, 3.8) is 0 Å². The molecule has 7 heteroatoms. The van der Waals surface area contributed by atoms with Crippen LogP contribution in [0.25, 0.3) is 54.9 Å². The van der Waals surface area contributed by atoms with E-state index in [9.17, 15) is 0 Å². The summed E-state index contributed by atoms with van der Waals surface area (Å²) in [6, 6.07) is 17.3. The Kier molecular flexibility index (Phi) is 6.02. The fourth-order valence-electron chi connectivity index (χ4n) is 5.72. The minimum atomic E-state index is 0.824. The van der Waals surface area contributed by atoms with Crippen LogP contribution in [0.15, 0.2) is 67.1 Å². The predicted octanol–water partition coefficient (Wildman–Crippen LogP) is 7.48. The lowest BCUT2D eigenvalue weighted by Gasteiger charge is -2.11. The highest BCUT2D eigenvalue weighted by atomic mass is 32.1. The summed E-state index contributed by atoms with van der Waals surface area (Å²) < 4.78 is 0. The molecule has 6 nitrogen and oxygen atoms in total. The summed E-state index contributed by atoms with van der Waals surface area (Å²) in [4.78, 5) is 15.4. The normalized spacial score (nSPS) is 14.2. The molecule has 190 valence electrons. The number of aryl methyl sites for hydroxylation is 1. The summed E-state index contributed by atoms with van der Waals surface area (Å²) in [5.41, 5.74) is 8.26. The van der Waals surface area contributed by atoms with E-state index in [0.29, 0.717) is 0 Å². The molecule has 0 spiro atoms. The number of rotatable bonds is 7. The van der Waals surface area contributed by atoms with Crippen molar-refractivity contribution < 1.29 is 0 Å². The lowest BCUT2D eigenvalue weighted by molar-refractivity contribution is 0.489. The monoisotopic (exact) mass is 518 g/mol. The number of aromatic nitrogens is 5. The molecule has 0 saturated heterocycles. The van der Waals surface area contributed by atoms with Crippen LogP contribution in [0.5, 0.6) is 0 Å². The summed E-state index contributed by atoms with van der Waals surface area (Å²) in [5.74, 6) is 0.824. The Hall–Kier alpha value is -3.81. The lowest BCUT2D eigenvalue weighted by atomic mass is 10.1. The molecule has 1 saturated carbocycles. The number of benzene rings is 1. The summed E-state index contributed by atoms with van der Waals surface area (Å²) in [5, 5.41) is 13.7. The Labute approximate surface area is 225 Å². The van der Waals surface area contributed by atoms with E-state index in [2.05, 4.69) is 80.9 Å². The number of thiophene rings is 1. The van der Waals surface area contributed by atoms with Gasteiger partial charge in [0.05, 0.1) is 23.1 Å². The maximum Gasteiger partial charge on any atom is 0.116 e. The van der Waals surface area contributed by atoms with E-state index in [1.54, 1.807) is 0 Å². The Balaban J connectivity index is 1.20. The van der Waals surface area contributed by atoms with Crippen LogP contribution >= 0.6 is 11.3 Å². The molecular formula is C31H30N6S. The Bertz CT molecular complexity index is 1740. The van der Waals surface area contributed by atoms with Gasteiger partial charge in [-0.05, 0) is 74.2 Å². The molecule has 5 aromatic heterocycles. The number of fused-ring (bicyclic) bond motifs is 2. The van der Waals surface area contributed by atoms with Gasteiger partial charge in [-0.1, -0.05) is 25.0 Å². The number of nitrogens with zero attached hydrogens (tertiary/aromatic N) is 3. The fraction of sp³-hybridized carbons (Fsp3) is 0.258. The average Bonchev–Trinajstić information content (AvgIpc) is 3.74. The molecule has 5 heterocycles. The predicted molar refractivity (Wildman–Crippen MR) is 156 cm³/mol. The number of aromatic amines is 2. The molecule has 0 bridgehead atoms. The van der Waals surface area contributed by atoms with E-state index in [4.69, 9.17) is 4.98 Å². The molecule has 7 rings (SSSR count). The Morgan fingerprint density at radius 2 is 1.89 bits per heavy atom. The van der Waals surface area contributed by atoms with Crippen LogP contribution in [0.3, 0.4) is 0 Å². The number of hydrogen-bond donors (Lipinski definition) is 3. The zero-order chi connectivity index (χ0) is 25.5. The van der Waals surface area contributed by atoms with Gasteiger partial charge in [0.2, 0.25) is 0 Å². The zero-order valence-electron chi connectivity index (χ0n) is 21.4. The lowest BCUT2D eigenvalue weighted by Crippen LogP contribution is -2.20. The molecule has 6 aromatic rings. The molecule has 0 unspecified atom stereocenters. The van der Waals surface area contributed by atoms with E-state index >= 15 is 0 Å². The van der Waals surface area contributed by atoms with Crippen LogP contribution in [0, 0.1) is 12.8 Å². The molecule has 1 aliphatic rings. The van der Waals surface area contributed by atoms with Gasteiger partial charge in [-0.15, -0.1) is 11.3 Å². The smallest absolute Gasteiger partial charge is 0.116 e. The van der Waals surface area contributed by atoms with Crippen molar-refractivity contribution in [3.05, 3.63) is 77.6 Å². The molecule has 3 N–H and O–H groups in total. The van der Waals surface area contributed by atoms with Crippen LogP contribution in [-0.2, 0) is 6.54 Å². The van der Waals surface area contributed by atoms with Crippen LogP contribution in [-0.4, -0.2) is 31.7 Å². The third-order valence-electron chi connectivity index (χ3n) is 7.70. The van der Waals surface area contributed by atoms with Gasteiger partial charge in [-0.25, -0.2) is 0 Å². The highest BCUT2D eigenvalue weighted by Gasteiger charge is 2.16. The molecule has 0 atom stereocenters. The fourth-order valence-corrected chi connectivity index (χ4v) is 6.62. The molecule has 1 fully saturated rings. The highest BCUT2D eigenvalue weighted by Crippen LogP contribution is 2.37. The Morgan fingerprint density at radius 1 is 0.974 bits per heavy atom. The van der Waals surface area contributed by atoms with Crippen LogP contribution in [0.1, 0.15) is 36.1 Å². The topological polar surface area (TPSA) is 82.3 Å². The second-order valence-corrected chi connectivity index (χ2v) is 11.7. The van der Waals surface area contributed by atoms with Crippen molar-refractivity contribution in [1.82, 2.24) is 30.5 Å². The first-order valence-electron chi connectivity index (χ1n) is 13.4. The molecule has 1 aliphatic carbocycles. The number of nitrogens with one attached hydrogen (secondary N) is 3. The second-order valence-electron chi connectivity index (χ2n) is 10.4. The first-order chi connectivity index (χ1) is 18.7. The van der Waals surface area contributed by atoms with E-state index in [-0.39, 0.29) is 0 Å². The van der Waals surface area contributed by atoms with Gasteiger partial charge in [0.25, 0.3) is 0 Å². The van der Waals surface area contributed by atoms with Gasteiger partial charge in [-0.2, -0.15) is 5.10 Å². The van der Waals surface area contributed by atoms with Crippen molar-refractivity contribution in [2.45, 2.75) is 39.2 Å². The maximum absolute atomic E-state index is 4.73. The summed E-state index contributed by atoms with van der Waals surface area (Å²) in [6.07, 6.45) is 11.2. The van der Waals surface area contributed by atoms with Crippen LogP contribution in [0.2, 0.25) is 0 Å².